The number of unbranched alkanes of at least 4 members (excludes halogenated alkanes) is 1. The van der Waals surface area contributed by atoms with Crippen molar-refractivity contribution in [2.75, 3.05) is 31.6 Å². The minimum Gasteiger partial charge on any atom is -0.402 e. The second-order valence-corrected chi connectivity index (χ2v) is 9.11. The van der Waals surface area contributed by atoms with Crippen molar-refractivity contribution in [1.29, 1.82) is 0 Å². The summed E-state index contributed by atoms with van der Waals surface area (Å²) < 4.78 is 16.9. The number of nitrogens with one attached hydrogen (secondary N) is 1. The summed E-state index contributed by atoms with van der Waals surface area (Å²) in [6.45, 7) is 3.26. The number of pyridine rings is 1. The number of aromatic nitrogens is 2. The molecular formula is C25H28N4O4. The Morgan fingerprint density at radius 2 is 2.18 bits per heavy atom. The molecule has 0 amide bonds. The average molecular weight is 449 g/mol. The van der Waals surface area contributed by atoms with Gasteiger partial charge in [-0.15, -0.1) is 0 Å². The van der Waals surface area contributed by atoms with Gasteiger partial charge in [0.2, 0.25) is 0 Å². The second-order valence-electron chi connectivity index (χ2n) is 9.11. The molecule has 2 aromatic heterocycles. The zero-order valence-electron chi connectivity index (χ0n) is 18.6. The summed E-state index contributed by atoms with van der Waals surface area (Å²) in [4.78, 5) is 19.6. The van der Waals surface area contributed by atoms with E-state index in [4.69, 9.17) is 19.0 Å². The highest BCUT2D eigenvalue weighted by Crippen LogP contribution is 2.40. The molecule has 0 radical (unpaired) electrons. The molecule has 3 aromatic rings. The number of carbonyl (C=O) groups excluding carboxylic acids is 1. The Morgan fingerprint density at radius 3 is 3.15 bits per heavy atom. The molecule has 8 nitrogen and oxygen atoms in total. The summed E-state index contributed by atoms with van der Waals surface area (Å²) in [6.07, 6.45) is 6.36. The van der Waals surface area contributed by atoms with Gasteiger partial charge in [0, 0.05) is 31.9 Å². The van der Waals surface area contributed by atoms with Crippen LogP contribution in [0, 0.1) is 0 Å². The van der Waals surface area contributed by atoms with Crippen LogP contribution in [0.4, 0.5) is 5.82 Å². The largest absolute Gasteiger partial charge is 0.402 e. The second kappa shape index (κ2) is 8.76. The quantitative estimate of drug-likeness (QED) is 0.433. The molecule has 3 aliphatic rings. The summed E-state index contributed by atoms with van der Waals surface area (Å²) in [6, 6.07) is 9.65. The molecule has 6 rings (SSSR count). The predicted octanol–water partition coefficient (Wildman–Crippen LogP) is 3.65. The molecule has 1 saturated heterocycles. The number of benzene rings is 1. The maximum atomic E-state index is 12.7. The molecule has 1 aromatic carbocycles. The van der Waals surface area contributed by atoms with Crippen LogP contribution in [0.5, 0.6) is 5.88 Å². The van der Waals surface area contributed by atoms with Gasteiger partial charge in [-0.3, -0.25) is 4.90 Å². The molecule has 0 saturated carbocycles. The normalized spacial score (nSPS) is 22.2. The third kappa shape index (κ3) is 3.98. The number of anilines is 1. The van der Waals surface area contributed by atoms with Crippen molar-refractivity contribution in [2.24, 2.45) is 0 Å². The van der Waals surface area contributed by atoms with Crippen molar-refractivity contribution < 1.29 is 18.8 Å². The predicted molar refractivity (Wildman–Crippen MR) is 122 cm³/mol. The number of hydrogen-bond donors (Lipinski definition) is 1. The summed E-state index contributed by atoms with van der Waals surface area (Å²) in [7, 11) is 0. The fourth-order valence-corrected chi connectivity index (χ4v) is 5.20. The van der Waals surface area contributed by atoms with Gasteiger partial charge in [0.25, 0.3) is 5.88 Å². The van der Waals surface area contributed by atoms with E-state index in [0.29, 0.717) is 5.58 Å². The molecule has 3 aliphatic heterocycles. The van der Waals surface area contributed by atoms with Crippen molar-refractivity contribution in [3.63, 3.8) is 0 Å². The highest BCUT2D eigenvalue weighted by atomic mass is 16.6. The third-order valence-electron chi connectivity index (χ3n) is 6.89. The Labute approximate surface area is 192 Å². The number of likely N-dealkylation sites (tertiary alicyclic amines) is 1. The molecule has 0 aliphatic carbocycles. The lowest BCUT2D eigenvalue weighted by atomic mass is 9.99. The summed E-state index contributed by atoms with van der Waals surface area (Å²) in [5.74, 6) is 1.05. The molecule has 0 unspecified atom stereocenters. The van der Waals surface area contributed by atoms with Crippen LogP contribution in [0.1, 0.15) is 48.5 Å². The fraction of sp³-hybridized carbons (Fsp3) is 0.480. The fourth-order valence-electron chi connectivity index (χ4n) is 5.20. The van der Waals surface area contributed by atoms with Crippen molar-refractivity contribution in [1.82, 2.24) is 15.0 Å². The topological polar surface area (TPSA) is 89.7 Å². The van der Waals surface area contributed by atoms with Crippen molar-refractivity contribution in [2.45, 2.75) is 50.7 Å². The van der Waals surface area contributed by atoms with Crippen LogP contribution in [-0.4, -0.2) is 53.4 Å². The average Bonchev–Trinajstić information content (AvgIpc) is 3.47. The lowest BCUT2D eigenvalue weighted by molar-refractivity contribution is -0.141. The Bertz CT molecular complexity index is 1180. The number of hydrogen-bond acceptors (Lipinski definition) is 8. The van der Waals surface area contributed by atoms with Gasteiger partial charge in [0.05, 0.1) is 11.5 Å². The van der Waals surface area contributed by atoms with Crippen LogP contribution in [-0.2, 0) is 22.4 Å². The maximum Gasteiger partial charge on any atom is 0.334 e. The molecule has 1 fully saturated rings. The van der Waals surface area contributed by atoms with E-state index in [1.165, 1.54) is 12.0 Å². The van der Waals surface area contributed by atoms with E-state index in [0.717, 1.165) is 80.8 Å². The molecule has 0 spiro atoms. The van der Waals surface area contributed by atoms with Gasteiger partial charge in [-0.05, 0) is 66.9 Å². The first kappa shape index (κ1) is 20.6. The maximum absolute atomic E-state index is 12.7. The van der Waals surface area contributed by atoms with E-state index >= 15 is 0 Å². The van der Waals surface area contributed by atoms with Crippen LogP contribution in [0.2, 0.25) is 0 Å². The Balaban J connectivity index is 0.999. The number of ether oxygens (including phenoxy) is 2. The van der Waals surface area contributed by atoms with Gasteiger partial charge < -0.3 is 19.3 Å². The van der Waals surface area contributed by atoms with Crippen LogP contribution in [0.3, 0.4) is 0 Å². The number of esters is 1. The Morgan fingerprint density at radius 1 is 1.21 bits per heavy atom. The Hall–Kier alpha value is -2.97. The summed E-state index contributed by atoms with van der Waals surface area (Å²) >= 11 is 0. The van der Waals surface area contributed by atoms with Gasteiger partial charge in [-0.25, -0.2) is 9.78 Å². The zero-order valence-corrected chi connectivity index (χ0v) is 18.6. The van der Waals surface area contributed by atoms with Crippen LogP contribution >= 0.6 is 0 Å². The molecule has 8 heteroatoms. The third-order valence-corrected chi connectivity index (χ3v) is 6.89. The molecule has 33 heavy (non-hydrogen) atoms. The van der Waals surface area contributed by atoms with E-state index < -0.39 is 6.04 Å². The standard InChI is InChI=1S/C25H28N4O4/c30-25-22(19-7-3-8-20-21(19)24(32-25)28-33-20)29-13-11-18(15-29)31-14-2-1-6-17-10-9-16-5-4-12-26-23(16)27-17/h3,7-10,18,22H,1-2,4-6,11-15H2,(H,26,27)/t18-,22-/m1/s1. The molecule has 1 N–H and O–H groups in total. The molecular weight excluding hydrogens is 420 g/mol. The van der Waals surface area contributed by atoms with E-state index in [9.17, 15) is 4.79 Å². The van der Waals surface area contributed by atoms with Crippen LogP contribution in [0.15, 0.2) is 34.9 Å². The number of nitrogens with zero attached hydrogens (tertiary/aromatic N) is 3. The van der Waals surface area contributed by atoms with Gasteiger partial charge in [-0.2, -0.15) is 0 Å². The highest BCUT2D eigenvalue weighted by molar-refractivity contribution is 5.96. The number of aryl methyl sites for hydroxylation is 2. The van der Waals surface area contributed by atoms with E-state index in [1.807, 2.05) is 18.2 Å². The monoisotopic (exact) mass is 448 g/mol. The van der Waals surface area contributed by atoms with Gasteiger partial charge in [0.15, 0.2) is 5.58 Å². The van der Waals surface area contributed by atoms with E-state index in [-0.39, 0.29) is 18.0 Å². The smallest absolute Gasteiger partial charge is 0.334 e. The van der Waals surface area contributed by atoms with Crippen LogP contribution < -0.4 is 10.1 Å². The van der Waals surface area contributed by atoms with Crippen LogP contribution in [0.25, 0.3) is 11.0 Å². The summed E-state index contributed by atoms with van der Waals surface area (Å²) in [5.41, 5.74) is 4.04. The van der Waals surface area contributed by atoms with E-state index in [2.05, 4.69) is 27.5 Å². The minimum atomic E-state index is -0.433. The van der Waals surface area contributed by atoms with Gasteiger partial charge >= 0.3 is 5.97 Å². The van der Waals surface area contributed by atoms with E-state index in [1.54, 1.807) is 0 Å². The lowest BCUT2D eigenvalue weighted by Gasteiger charge is -2.28. The Kier molecular flexibility index (Phi) is 5.47. The lowest BCUT2D eigenvalue weighted by Crippen LogP contribution is -2.37. The van der Waals surface area contributed by atoms with Crippen molar-refractivity contribution in [3.05, 3.63) is 47.2 Å². The van der Waals surface area contributed by atoms with Crippen molar-refractivity contribution >= 4 is 22.8 Å². The molecule has 0 bridgehead atoms. The highest BCUT2D eigenvalue weighted by Gasteiger charge is 2.40. The first-order valence-corrected chi connectivity index (χ1v) is 11.9. The number of rotatable bonds is 7. The van der Waals surface area contributed by atoms with Crippen molar-refractivity contribution in [3.8, 4) is 5.88 Å². The zero-order chi connectivity index (χ0) is 22.2. The summed E-state index contributed by atoms with van der Waals surface area (Å²) in [5, 5.41) is 8.09. The first-order chi connectivity index (χ1) is 16.3. The molecule has 5 heterocycles. The van der Waals surface area contributed by atoms with Gasteiger partial charge in [0.1, 0.15) is 11.9 Å². The first-order valence-electron chi connectivity index (χ1n) is 11.9. The molecule has 2 atom stereocenters. The minimum absolute atomic E-state index is 0.131. The number of carbonyl (C=O) groups is 1. The van der Waals surface area contributed by atoms with Gasteiger partial charge in [-0.1, -0.05) is 18.2 Å². The number of fused-ring (bicyclic) bond motifs is 1. The molecule has 172 valence electrons. The SMILES string of the molecule is O=C1Oc2noc3cccc(c23)[C@H]1N1CC[C@@H](OCCCCc2ccc3c(n2)NCCC3)C1.